The van der Waals surface area contributed by atoms with Gasteiger partial charge in [-0.25, -0.2) is 0 Å². The second kappa shape index (κ2) is 10.5. The Labute approximate surface area is 185 Å². The van der Waals surface area contributed by atoms with E-state index >= 15 is 0 Å². The summed E-state index contributed by atoms with van der Waals surface area (Å²) in [6, 6.07) is 12.7. The second-order valence-corrected chi connectivity index (χ2v) is 7.43. The predicted octanol–water partition coefficient (Wildman–Crippen LogP) is 3.26. The molecule has 1 fully saturated rings. The first kappa shape index (κ1) is 23.6. The fraction of sp³-hybridized carbons (Fsp3) is 0.391. The molecular weight excluding hydrogens is 421 g/mol. The molecule has 0 saturated carbocycles. The van der Waals surface area contributed by atoms with Crippen LogP contribution in [0.5, 0.6) is 0 Å². The van der Waals surface area contributed by atoms with E-state index in [-0.39, 0.29) is 5.91 Å². The zero-order chi connectivity index (χ0) is 23.1. The molecule has 32 heavy (non-hydrogen) atoms. The van der Waals surface area contributed by atoms with E-state index < -0.39 is 17.8 Å². The first-order valence-electron chi connectivity index (χ1n) is 10.4. The first-order chi connectivity index (χ1) is 15.3. The smallest absolute Gasteiger partial charge is 0.370 e. The molecule has 3 rings (SSSR count). The molecule has 9 heteroatoms. The molecule has 1 aliphatic heterocycles. The first-order valence-corrected chi connectivity index (χ1v) is 10.4. The highest BCUT2D eigenvalue weighted by Crippen LogP contribution is 2.32. The number of nitrogens with one attached hydrogen (secondary N) is 2. The number of aliphatic imine (C=N–C) groups is 1. The zero-order valence-corrected chi connectivity index (χ0v) is 18.1. The monoisotopic (exact) mass is 448 g/mol. The van der Waals surface area contributed by atoms with E-state index in [0.717, 1.165) is 17.7 Å². The number of morpholine rings is 1. The topological polar surface area (TPSA) is 66.0 Å². The molecule has 2 aromatic carbocycles. The van der Waals surface area contributed by atoms with Gasteiger partial charge in [-0.15, -0.1) is 0 Å². The van der Waals surface area contributed by atoms with E-state index in [4.69, 9.17) is 4.74 Å². The van der Waals surface area contributed by atoms with Crippen LogP contribution in [-0.2, 0) is 17.3 Å². The lowest BCUT2D eigenvalue weighted by Gasteiger charge is -2.35. The Morgan fingerprint density at radius 2 is 2.00 bits per heavy atom. The average molecular weight is 448 g/mol. The normalized spacial score (nSPS) is 17.2. The van der Waals surface area contributed by atoms with Gasteiger partial charge in [-0.3, -0.25) is 9.79 Å². The maximum atomic E-state index is 13.1. The summed E-state index contributed by atoms with van der Waals surface area (Å²) in [5.74, 6) is 0.525. The number of amides is 1. The minimum Gasteiger partial charge on any atom is -0.370 e. The lowest BCUT2D eigenvalue weighted by atomic mass is 10.0. The molecule has 1 saturated heterocycles. The second-order valence-electron chi connectivity index (χ2n) is 7.43. The van der Waals surface area contributed by atoms with E-state index in [1.807, 2.05) is 23.1 Å². The van der Waals surface area contributed by atoms with Gasteiger partial charge in [0, 0.05) is 32.7 Å². The maximum Gasteiger partial charge on any atom is 0.416 e. The van der Waals surface area contributed by atoms with Crippen molar-refractivity contribution in [2.75, 3.05) is 40.3 Å². The van der Waals surface area contributed by atoms with Gasteiger partial charge in [0.1, 0.15) is 6.10 Å². The third-order valence-electron chi connectivity index (χ3n) is 5.28. The number of carbonyl (C=O) groups excluding carboxylic acids is 1. The van der Waals surface area contributed by atoms with E-state index in [0.29, 0.717) is 49.7 Å². The molecular formula is C23H27F3N4O2. The van der Waals surface area contributed by atoms with Crippen molar-refractivity contribution in [3.05, 3.63) is 70.8 Å². The summed E-state index contributed by atoms with van der Waals surface area (Å²) in [6.45, 7) is 1.96. The van der Waals surface area contributed by atoms with Gasteiger partial charge in [0.15, 0.2) is 5.96 Å². The molecule has 0 spiro atoms. The van der Waals surface area contributed by atoms with Crippen LogP contribution in [0.4, 0.5) is 13.2 Å². The number of hydrogen-bond donors (Lipinski definition) is 2. The number of carbonyl (C=O) groups is 1. The van der Waals surface area contributed by atoms with Crippen LogP contribution in [0.15, 0.2) is 53.5 Å². The zero-order valence-electron chi connectivity index (χ0n) is 18.1. The van der Waals surface area contributed by atoms with Crippen molar-refractivity contribution in [2.24, 2.45) is 4.99 Å². The Bertz CT molecular complexity index is 962. The minimum absolute atomic E-state index is 0.135. The van der Waals surface area contributed by atoms with Crippen LogP contribution in [-0.4, -0.2) is 57.1 Å². The standard InChI is InChI=1S/C23H27F3N4O2/c1-27-21(31)18-7-3-5-16(13-18)9-10-29-22(28-2)30-11-12-32-20(15-30)17-6-4-8-19(14-17)23(24,25)26/h3-8,13-14,20H,9-12,15H2,1-2H3,(H,27,31)(H,28,29). The van der Waals surface area contributed by atoms with Crippen LogP contribution >= 0.6 is 0 Å². The van der Waals surface area contributed by atoms with Crippen LogP contribution in [0.3, 0.4) is 0 Å². The van der Waals surface area contributed by atoms with Crippen molar-refractivity contribution in [1.29, 1.82) is 0 Å². The van der Waals surface area contributed by atoms with Gasteiger partial charge in [-0.1, -0.05) is 24.3 Å². The molecule has 6 nitrogen and oxygen atoms in total. The number of hydrogen-bond acceptors (Lipinski definition) is 3. The highest BCUT2D eigenvalue weighted by molar-refractivity contribution is 5.94. The van der Waals surface area contributed by atoms with Crippen molar-refractivity contribution < 1.29 is 22.7 Å². The Balaban J connectivity index is 1.60. The van der Waals surface area contributed by atoms with E-state index in [2.05, 4.69) is 15.6 Å². The average Bonchev–Trinajstić information content (AvgIpc) is 2.81. The Hall–Kier alpha value is -3.07. The Morgan fingerprint density at radius 1 is 1.22 bits per heavy atom. The van der Waals surface area contributed by atoms with Gasteiger partial charge < -0.3 is 20.3 Å². The SMILES string of the molecule is CN=C(NCCc1cccc(C(=O)NC)c1)N1CCOC(c2cccc(C(F)(F)F)c2)C1. The molecule has 1 amide bonds. The lowest BCUT2D eigenvalue weighted by molar-refractivity contribution is -0.137. The summed E-state index contributed by atoms with van der Waals surface area (Å²) < 4.78 is 44.9. The summed E-state index contributed by atoms with van der Waals surface area (Å²) in [7, 11) is 3.26. The highest BCUT2D eigenvalue weighted by Gasteiger charge is 2.32. The van der Waals surface area contributed by atoms with Crippen molar-refractivity contribution in [2.45, 2.75) is 18.7 Å². The number of ether oxygens (including phenoxy) is 1. The largest absolute Gasteiger partial charge is 0.416 e. The van der Waals surface area contributed by atoms with Gasteiger partial charge in [0.05, 0.1) is 18.7 Å². The highest BCUT2D eigenvalue weighted by atomic mass is 19.4. The van der Waals surface area contributed by atoms with Gasteiger partial charge in [-0.2, -0.15) is 13.2 Å². The van der Waals surface area contributed by atoms with Crippen LogP contribution in [0.1, 0.15) is 33.2 Å². The molecule has 0 radical (unpaired) electrons. The summed E-state index contributed by atoms with van der Waals surface area (Å²) in [5.41, 5.74) is 1.42. The fourth-order valence-corrected chi connectivity index (χ4v) is 3.62. The van der Waals surface area contributed by atoms with E-state index in [1.54, 1.807) is 26.2 Å². The van der Waals surface area contributed by atoms with Crippen LogP contribution < -0.4 is 10.6 Å². The molecule has 0 aromatic heterocycles. The third-order valence-corrected chi connectivity index (χ3v) is 5.28. The molecule has 2 N–H and O–H groups in total. The van der Waals surface area contributed by atoms with Gasteiger partial charge in [0.2, 0.25) is 0 Å². The lowest BCUT2D eigenvalue weighted by Crippen LogP contribution is -2.48. The number of benzene rings is 2. The number of guanidine groups is 1. The molecule has 1 unspecified atom stereocenters. The van der Waals surface area contributed by atoms with Crippen LogP contribution in [0, 0.1) is 0 Å². The van der Waals surface area contributed by atoms with Crippen molar-refractivity contribution >= 4 is 11.9 Å². The van der Waals surface area contributed by atoms with E-state index in [9.17, 15) is 18.0 Å². The molecule has 1 atom stereocenters. The summed E-state index contributed by atoms with van der Waals surface area (Å²) >= 11 is 0. The number of alkyl halides is 3. The summed E-state index contributed by atoms with van der Waals surface area (Å²) in [6.07, 6.45) is -4.18. The fourth-order valence-electron chi connectivity index (χ4n) is 3.62. The van der Waals surface area contributed by atoms with Gasteiger partial charge in [0.25, 0.3) is 5.91 Å². The third kappa shape index (κ3) is 6.00. The number of rotatable bonds is 5. The van der Waals surface area contributed by atoms with Gasteiger partial charge >= 0.3 is 6.18 Å². The number of nitrogens with zero attached hydrogens (tertiary/aromatic N) is 2. The number of halogens is 3. The Kier molecular flexibility index (Phi) is 7.74. The molecule has 172 valence electrons. The van der Waals surface area contributed by atoms with E-state index in [1.165, 1.54) is 6.07 Å². The van der Waals surface area contributed by atoms with Gasteiger partial charge in [-0.05, 0) is 41.8 Å². The Morgan fingerprint density at radius 3 is 2.72 bits per heavy atom. The van der Waals surface area contributed by atoms with Crippen LogP contribution in [0.25, 0.3) is 0 Å². The van der Waals surface area contributed by atoms with Crippen molar-refractivity contribution in [1.82, 2.24) is 15.5 Å². The minimum atomic E-state index is -4.39. The van der Waals surface area contributed by atoms with Crippen LogP contribution in [0.2, 0.25) is 0 Å². The van der Waals surface area contributed by atoms with Crippen molar-refractivity contribution in [3.8, 4) is 0 Å². The maximum absolute atomic E-state index is 13.1. The summed E-state index contributed by atoms with van der Waals surface area (Å²) in [5, 5.41) is 5.91. The molecule has 2 aromatic rings. The summed E-state index contributed by atoms with van der Waals surface area (Å²) in [4.78, 5) is 18.1. The predicted molar refractivity (Wildman–Crippen MR) is 117 cm³/mol. The molecule has 1 heterocycles. The quantitative estimate of drug-likeness (QED) is 0.545. The van der Waals surface area contributed by atoms with Crippen molar-refractivity contribution in [3.63, 3.8) is 0 Å². The molecule has 1 aliphatic rings. The molecule has 0 bridgehead atoms. The molecule has 0 aliphatic carbocycles.